The van der Waals surface area contributed by atoms with Crippen LogP contribution in [-0.2, 0) is 0 Å². The van der Waals surface area contributed by atoms with E-state index in [9.17, 15) is 9.90 Å². The first-order chi connectivity index (χ1) is 9.40. The Hall–Kier alpha value is -1.95. The molecule has 0 aliphatic carbocycles. The number of fused-ring (bicyclic) bond motifs is 1. The highest BCUT2D eigenvalue weighted by Crippen LogP contribution is 2.23. The SMILES string of the molecule is Cc1cc(C(=O)N(C)CCC(C)O)c2c(C)noc2n1. The lowest BCUT2D eigenvalue weighted by Gasteiger charge is -2.18. The van der Waals surface area contributed by atoms with Crippen LogP contribution in [0.5, 0.6) is 0 Å². The van der Waals surface area contributed by atoms with E-state index in [1.54, 1.807) is 31.9 Å². The van der Waals surface area contributed by atoms with E-state index in [2.05, 4.69) is 10.1 Å². The standard InChI is InChI=1S/C14H19N3O3/c1-8-7-11(12-10(3)16-20-13(12)15-8)14(19)17(4)6-5-9(2)18/h7,9,18H,5-6H2,1-4H3. The molecule has 0 bridgehead atoms. The molecule has 1 unspecified atom stereocenters. The Balaban J connectivity index is 2.36. The van der Waals surface area contributed by atoms with Crippen LogP contribution in [0, 0.1) is 13.8 Å². The summed E-state index contributed by atoms with van der Waals surface area (Å²) in [5, 5.41) is 13.8. The molecule has 0 spiro atoms. The van der Waals surface area contributed by atoms with Crippen LogP contribution in [-0.4, -0.2) is 45.8 Å². The number of pyridine rings is 1. The smallest absolute Gasteiger partial charge is 0.258 e. The second-order valence-corrected chi connectivity index (χ2v) is 5.12. The molecule has 2 heterocycles. The quantitative estimate of drug-likeness (QED) is 0.919. The largest absolute Gasteiger partial charge is 0.393 e. The van der Waals surface area contributed by atoms with Crippen molar-refractivity contribution in [3.63, 3.8) is 0 Å². The number of hydrogen-bond donors (Lipinski definition) is 1. The van der Waals surface area contributed by atoms with Crippen molar-refractivity contribution in [2.75, 3.05) is 13.6 Å². The topological polar surface area (TPSA) is 79.5 Å². The van der Waals surface area contributed by atoms with Crippen molar-refractivity contribution >= 4 is 17.0 Å². The van der Waals surface area contributed by atoms with Crippen molar-refractivity contribution in [2.24, 2.45) is 0 Å². The molecule has 0 fully saturated rings. The van der Waals surface area contributed by atoms with Gasteiger partial charge in [-0.1, -0.05) is 5.16 Å². The van der Waals surface area contributed by atoms with Crippen LogP contribution < -0.4 is 0 Å². The monoisotopic (exact) mass is 277 g/mol. The summed E-state index contributed by atoms with van der Waals surface area (Å²) in [4.78, 5) is 18.3. The van der Waals surface area contributed by atoms with Crippen molar-refractivity contribution in [2.45, 2.75) is 33.3 Å². The minimum absolute atomic E-state index is 0.118. The summed E-state index contributed by atoms with van der Waals surface area (Å²) in [5.74, 6) is -0.118. The van der Waals surface area contributed by atoms with E-state index < -0.39 is 6.10 Å². The lowest BCUT2D eigenvalue weighted by molar-refractivity contribution is 0.0770. The molecule has 1 N–H and O–H groups in total. The zero-order chi connectivity index (χ0) is 14.9. The molecular weight excluding hydrogens is 258 g/mol. The van der Waals surface area contributed by atoms with E-state index in [1.807, 2.05) is 6.92 Å². The summed E-state index contributed by atoms with van der Waals surface area (Å²) >= 11 is 0. The molecule has 2 rings (SSSR count). The molecular formula is C14H19N3O3. The van der Waals surface area contributed by atoms with Gasteiger partial charge in [0.25, 0.3) is 11.6 Å². The molecule has 0 aliphatic heterocycles. The highest BCUT2D eigenvalue weighted by atomic mass is 16.5. The number of amides is 1. The van der Waals surface area contributed by atoms with Crippen LogP contribution >= 0.6 is 0 Å². The van der Waals surface area contributed by atoms with E-state index in [0.717, 1.165) is 0 Å². The molecule has 0 radical (unpaired) electrons. The first kappa shape index (κ1) is 14.5. The fourth-order valence-corrected chi connectivity index (χ4v) is 2.07. The fraction of sp³-hybridized carbons (Fsp3) is 0.500. The van der Waals surface area contributed by atoms with Gasteiger partial charge in [-0.2, -0.15) is 0 Å². The number of carbonyl (C=O) groups excluding carboxylic acids is 1. The molecule has 0 aromatic carbocycles. The average molecular weight is 277 g/mol. The van der Waals surface area contributed by atoms with Gasteiger partial charge in [0.05, 0.1) is 22.7 Å². The van der Waals surface area contributed by atoms with Gasteiger partial charge in [-0.15, -0.1) is 0 Å². The van der Waals surface area contributed by atoms with Gasteiger partial charge in [0.2, 0.25) is 0 Å². The van der Waals surface area contributed by atoms with E-state index in [-0.39, 0.29) is 5.91 Å². The van der Waals surface area contributed by atoms with Gasteiger partial charge in [0.1, 0.15) is 0 Å². The number of carbonyl (C=O) groups is 1. The Morgan fingerprint density at radius 3 is 2.85 bits per heavy atom. The lowest BCUT2D eigenvalue weighted by Crippen LogP contribution is -2.29. The second kappa shape index (κ2) is 5.58. The summed E-state index contributed by atoms with van der Waals surface area (Å²) < 4.78 is 5.13. The van der Waals surface area contributed by atoms with Crippen molar-refractivity contribution in [1.82, 2.24) is 15.0 Å². The minimum Gasteiger partial charge on any atom is -0.393 e. The molecule has 0 saturated heterocycles. The number of aromatic nitrogens is 2. The summed E-state index contributed by atoms with van der Waals surface area (Å²) in [6, 6.07) is 1.74. The Kier molecular flexibility index (Phi) is 4.04. The zero-order valence-corrected chi connectivity index (χ0v) is 12.2. The Morgan fingerprint density at radius 1 is 1.50 bits per heavy atom. The molecule has 0 aliphatic rings. The number of aliphatic hydroxyl groups is 1. The van der Waals surface area contributed by atoms with E-state index >= 15 is 0 Å². The third-order valence-corrected chi connectivity index (χ3v) is 3.20. The van der Waals surface area contributed by atoms with Crippen LogP contribution in [0.15, 0.2) is 10.6 Å². The molecule has 0 saturated carbocycles. The van der Waals surface area contributed by atoms with Crippen molar-refractivity contribution in [1.29, 1.82) is 0 Å². The third kappa shape index (κ3) is 2.80. The van der Waals surface area contributed by atoms with Gasteiger partial charge in [-0.3, -0.25) is 4.79 Å². The van der Waals surface area contributed by atoms with Gasteiger partial charge in [-0.05, 0) is 33.3 Å². The third-order valence-electron chi connectivity index (χ3n) is 3.20. The minimum atomic E-state index is -0.429. The van der Waals surface area contributed by atoms with Crippen molar-refractivity contribution in [3.05, 3.63) is 23.0 Å². The van der Waals surface area contributed by atoms with Crippen molar-refractivity contribution in [3.8, 4) is 0 Å². The lowest BCUT2D eigenvalue weighted by atomic mass is 10.1. The fourth-order valence-electron chi connectivity index (χ4n) is 2.07. The highest BCUT2D eigenvalue weighted by Gasteiger charge is 2.20. The molecule has 6 nitrogen and oxygen atoms in total. The van der Waals surface area contributed by atoms with Crippen LogP contribution in [0.25, 0.3) is 11.1 Å². The van der Waals surface area contributed by atoms with Crippen LogP contribution in [0.2, 0.25) is 0 Å². The van der Waals surface area contributed by atoms with Crippen LogP contribution in [0.1, 0.15) is 35.1 Å². The predicted molar refractivity (Wildman–Crippen MR) is 74.5 cm³/mol. The van der Waals surface area contributed by atoms with E-state index in [1.165, 1.54) is 0 Å². The number of hydrogen-bond acceptors (Lipinski definition) is 5. The Labute approximate surface area is 117 Å². The van der Waals surface area contributed by atoms with Gasteiger partial charge in [-0.25, -0.2) is 4.98 Å². The summed E-state index contributed by atoms with van der Waals surface area (Å²) in [5.41, 5.74) is 2.29. The van der Waals surface area contributed by atoms with Gasteiger partial charge < -0.3 is 14.5 Å². The highest BCUT2D eigenvalue weighted by molar-refractivity contribution is 6.05. The molecule has 20 heavy (non-hydrogen) atoms. The number of aryl methyl sites for hydroxylation is 2. The van der Waals surface area contributed by atoms with E-state index in [0.29, 0.717) is 41.0 Å². The zero-order valence-electron chi connectivity index (χ0n) is 12.2. The number of rotatable bonds is 4. The molecule has 1 amide bonds. The molecule has 2 aromatic rings. The Morgan fingerprint density at radius 2 is 2.20 bits per heavy atom. The summed E-state index contributed by atoms with van der Waals surface area (Å²) in [6.07, 6.45) is 0.111. The van der Waals surface area contributed by atoms with Crippen molar-refractivity contribution < 1.29 is 14.4 Å². The maximum atomic E-state index is 12.5. The molecule has 2 aromatic heterocycles. The average Bonchev–Trinajstić information content (AvgIpc) is 2.75. The van der Waals surface area contributed by atoms with E-state index in [4.69, 9.17) is 4.52 Å². The predicted octanol–water partition coefficient (Wildman–Crippen LogP) is 1.68. The Bertz CT molecular complexity index is 634. The summed E-state index contributed by atoms with van der Waals surface area (Å²) in [6.45, 7) is 5.79. The number of aliphatic hydroxyl groups excluding tert-OH is 1. The number of nitrogens with zero attached hydrogens (tertiary/aromatic N) is 3. The van der Waals surface area contributed by atoms with Crippen LogP contribution in [0.3, 0.4) is 0 Å². The normalized spacial score (nSPS) is 12.7. The second-order valence-electron chi connectivity index (χ2n) is 5.12. The maximum absolute atomic E-state index is 12.5. The first-order valence-corrected chi connectivity index (χ1v) is 6.57. The van der Waals surface area contributed by atoms with Gasteiger partial charge in [0.15, 0.2) is 0 Å². The summed E-state index contributed by atoms with van der Waals surface area (Å²) in [7, 11) is 1.72. The van der Waals surface area contributed by atoms with Gasteiger partial charge >= 0.3 is 0 Å². The molecule has 108 valence electrons. The van der Waals surface area contributed by atoms with Gasteiger partial charge in [0, 0.05) is 19.3 Å². The molecule has 6 heteroatoms. The molecule has 1 atom stereocenters. The maximum Gasteiger partial charge on any atom is 0.258 e. The van der Waals surface area contributed by atoms with Crippen LogP contribution in [0.4, 0.5) is 0 Å². The first-order valence-electron chi connectivity index (χ1n) is 6.57.